The van der Waals surface area contributed by atoms with Crippen molar-refractivity contribution in [1.82, 2.24) is 0 Å². The van der Waals surface area contributed by atoms with Crippen LogP contribution in [0.25, 0.3) is 0 Å². The summed E-state index contributed by atoms with van der Waals surface area (Å²) in [5, 5.41) is 8.47. The van der Waals surface area contributed by atoms with Gasteiger partial charge in [-0.15, -0.1) is 0 Å². The predicted molar refractivity (Wildman–Crippen MR) is 56.3 cm³/mol. The molecule has 0 spiro atoms. The molecule has 0 radical (unpaired) electrons. The highest BCUT2D eigenvalue weighted by molar-refractivity contribution is 4.73. The maximum Gasteiger partial charge on any atom is 0.0456 e. The summed E-state index contributed by atoms with van der Waals surface area (Å²) >= 11 is 0. The Morgan fingerprint density at radius 2 is 1.92 bits per heavy atom. The molecule has 1 heteroatoms. The molecule has 74 valence electrons. The van der Waals surface area contributed by atoms with Crippen molar-refractivity contribution in [3.8, 4) is 0 Å². The maximum absolute atomic E-state index is 8.47. The Bertz CT molecular complexity index is 87.0. The van der Waals surface area contributed by atoms with Crippen LogP contribution in [-0.4, -0.2) is 11.7 Å². The number of allylic oxidation sites excluding steroid dienone is 2. The van der Waals surface area contributed by atoms with E-state index in [2.05, 4.69) is 32.9 Å². The third-order valence-electron chi connectivity index (χ3n) is 1.56. The Morgan fingerprint density at radius 3 is 2.00 bits per heavy atom. The average molecular weight is 172 g/mol. The van der Waals surface area contributed by atoms with Crippen LogP contribution in [0.2, 0.25) is 0 Å². The van der Waals surface area contributed by atoms with Crippen molar-refractivity contribution < 1.29 is 5.11 Å². The Kier molecular flexibility index (Phi) is 15.8. The third-order valence-corrected chi connectivity index (χ3v) is 1.56. The van der Waals surface area contributed by atoms with Crippen molar-refractivity contribution >= 4 is 0 Å². The highest BCUT2D eigenvalue weighted by atomic mass is 16.3. The van der Waals surface area contributed by atoms with E-state index in [1.165, 1.54) is 6.42 Å². The molecule has 0 fully saturated rings. The van der Waals surface area contributed by atoms with Gasteiger partial charge in [-0.1, -0.05) is 39.3 Å². The minimum Gasteiger partial charge on any atom is -0.396 e. The van der Waals surface area contributed by atoms with E-state index in [4.69, 9.17) is 5.11 Å². The molecule has 0 aliphatic rings. The normalized spacial score (nSPS) is 12.4. The SMILES string of the molecule is C/C=C/CC.CCCC(C)CO. The summed E-state index contributed by atoms with van der Waals surface area (Å²) in [6.07, 6.45) is 7.68. The lowest BCUT2D eigenvalue weighted by atomic mass is 10.1. The quantitative estimate of drug-likeness (QED) is 0.644. The van der Waals surface area contributed by atoms with Gasteiger partial charge in [0.15, 0.2) is 0 Å². The molecular weight excluding hydrogens is 148 g/mol. The van der Waals surface area contributed by atoms with Gasteiger partial charge in [-0.3, -0.25) is 0 Å². The van der Waals surface area contributed by atoms with Gasteiger partial charge < -0.3 is 5.11 Å². The van der Waals surface area contributed by atoms with E-state index >= 15 is 0 Å². The molecule has 1 N–H and O–H groups in total. The molecule has 0 bridgehead atoms. The van der Waals surface area contributed by atoms with E-state index in [-0.39, 0.29) is 0 Å². The predicted octanol–water partition coefficient (Wildman–Crippen LogP) is 3.39. The fourth-order valence-electron chi connectivity index (χ4n) is 0.820. The van der Waals surface area contributed by atoms with Crippen LogP contribution in [-0.2, 0) is 0 Å². The number of aliphatic hydroxyl groups is 1. The summed E-state index contributed by atoms with van der Waals surface area (Å²) in [7, 11) is 0. The summed E-state index contributed by atoms with van der Waals surface area (Å²) in [5.74, 6) is 0.505. The average Bonchev–Trinajstić information content (AvgIpc) is 2.07. The number of rotatable bonds is 4. The summed E-state index contributed by atoms with van der Waals surface area (Å²) in [4.78, 5) is 0. The lowest BCUT2D eigenvalue weighted by Crippen LogP contribution is -1.98. The first-order valence-electron chi connectivity index (χ1n) is 4.94. The van der Waals surface area contributed by atoms with Crippen LogP contribution in [0.5, 0.6) is 0 Å². The Labute approximate surface area is 77.5 Å². The molecule has 0 saturated heterocycles. The van der Waals surface area contributed by atoms with E-state index in [0.717, 1.165) is 12.8 Å². The number of hydrogen-bond acceptors (Lipinski definition) is 1. The molecular formula is C11H24O. The minimum atomic E-state index is 0.341. The lowest BCUT2D eigenvalue weighted by molar-refractivity contribution is 0.229. The van der Waals surface area contributed by atoms with Crippen LogP contribution >= 0.6 is 0 Å². The first-order valence-corrected chi connectivity index (χ1v) is 4.94. The highest BCUT2D eigenvalue weighted by Crippen LogP contribution is 2.01. The van der Waals surface area contributed by atoms with Crippen molar-refractivity contribution in [2.24, 2.45) is 5.92 Å². The molecule has 0 saturated carbocycles. The van der Waals surface area contributed by atoms with Crippen LogP contribution in [0.3, 0.4) is 0 Å². The Hall–Kier alpha value is -0.300. The zero-order chi connectivity index (χ0) is 9.82. The van der Waals surface area contributed by atoms with E-state index in [1.54, 1.807) is 0 Å². The van der Waals surface area contributed by atoms with E-state index < -0.39 is 0 Å². The van der Waals surface area contributed by atoms with Gasteiger partial charge in [0.2, 0.25) is 0 Å². The summed E-state index contributed by atoms with van der Waals surface area (Å²) in [5.41, 5.74) is 0. The van der Waals surface area contributed by atoms with Gasteiger partial charge >= 0.3 is 0 Å². The maximum atomic E-state index is 8.47. The lowest BCUT2D eigenvalue weighted by Gasteiger charge is -2.01. The summed E-state index contributed by atoms with van der Waals surface area (Å²) in [6, 6.07) is 0. The molecule has 0 aliphatic carbocycles. The summed E-state index contributed by atoms with van der Waals surface area (Å²) in [6.45, 7) is 8.69. The Morgan fingerprint density at radius 1 is 1.33 bits per heavy atom. The van der Waals surface area contributed by atoms with Gasteiger partial charge in [0.1, 0.15) is 0 Å². The van der Waals surface area contributed by atoms with Gasteiger partial charge in [-0.2, -0.15) is 0 Å². The fraction of sp³-hybridized carbons (Fsp3) is 0.818. The molecule has 0 amide bonds. The summed E-state index contributed by atoms with van der Waals surface area (Å²) < 4.78 is 0. The second kappa shape index (κ2) is 13.3. The molecule has 0 aromatic carbocycles. The van der Waals surface area contributed by atoms with Gasteiger partial charge in [-0.25, -0.2) is 0 Å². The van der Waals surface area contributed by atoms with Gasteiger partial charge in [0.05, 0.1) is 0 Å². The standard InChI is InChI=1S/C6H14O.C5H10/c1-3-4-6(2)5-7;1-3-5-4-2/h6-7H,3-5H2,1-2H3;3,5H,4H2,1-2H3/b;5-3+. The molecule has 0 aromatic heterocycles. The molecule has 0 rings (SSSR count). The number of aliphatic hydroxyl groups excluding tert-OH is 1. The zero-order valence-electron chi connectivity index (χ0n) is 9.01. The molecule has 12 heavy (non-hydrogen) atoms. The van der Waals surface area contributed by atoms with Crippen LogP contribution < -0.4 is 0 Å². The van der Waals surface area contributed by atoms with E-state index in [0.29, 0.717) is 12.5 Å². The van der Waals surface area contributed by atoms with E-state index in [1.807, 2.05) is 6.92 Å². The van der Waals surface area contributed by atoms with Crippen LogP contribution in [0.4, 0.5) is 0 Å². The van der Waals surface area contributed by atoms with Gasteiger partial charge in [-0.05, 0) is 25.7 Å². The van der Waals surface area contributed by atoms with Crippen LogP contribution in [0.1, 0.15) is 47.0 Å². The van der Waals surface area contributed by atoms with Crippen LogP contribution in [0, 0.1) is 5.92 Å². The van der Waals surface area contributed by atoms with E-state index in [9.17, 15) is 0 Å². The third kappa shape index (κ3) is 16.4. The van der Waals surface area contributed by atoms with Crippen molar-refractivity contribution in [2.45, 2.75) is 47.0 Å². The van der Waals surface area contributed by atoms with Crippen molar-refractivity contribution in [3.63, 3.8) is 0 Å². The zero-order valence-corrected chi connectivity index (χ0v) is 9.01. The second-order valence-corrected chi connectivity index (χ2v) is 3.05. The number of hydrogen-bond donors (Lipinski definition) is 1. The van der Waals surface area contributed by atoms with Gasteiger partial charge in [0, 0.05) is 6.61 Å². The fourth-order valence-corrected chi connectivity index (χ4v) is 0.820. The molecule has 1 atom stereocenters. The molecule has 1 unspecified atom stereocenters. The monoisotopic (exact) mass is 172 g/mol. The first kappa shape index (κ1) is 14.2. The molecule has 0 aromatic rings. The van der Waals surface area contributed by atoms with Crippen molar-refractivity contribution in [1.29, 1.82) is 0 Å². The van der Waals surface area contributed by atoms with Gasteiger partial charge in [0.25, 0.3) is 0 Å². The largest absolute Gasteiger partial charge is 0.396 e. The molecule has 1 nitrogen and oxygen atoms in total. The topological polar surface area (TPSA) is 20.2 Å². The second-order valence-electron chi connectivity index (χ2n) is 3.05. The first-order chi connectivity index (χ1) is 5.72. The van der Waals surface area contributed by atoms with Crippen molar-refractivity contribution in [3.05, 3.63) is 12.2 Å². The highest BCUT2D eigenvalue weighted by Gasteiger charge is 1.93. The van der Waals surface area contributed by atoms with Crippen LogP contribution in [0.15, 0.2) is 12.2 Å². The molecule has 0 heterocycles. The smallest absolute Gasteiger partial charge is 0.0456 e. The molecule has 0 aliphatic heterocycles. The minimum absolute atomic E-state index is 0.341. The van der Waals surface area contributed by atoms with Crippen molar-refractivity contribution in [2.75, 3.05) is 6.61 Å². The Balaban J connectivity index is 0.